The standard InChI is InChI=1S/C14H15Cl2N3O/c1-3-17-12-7-9(8-20-2)18-14(19-12)13-10(15)5-4-6-11(13)16/h4-7H,3,8H2,1-2H3,(H,17,18,19). The summed E-state index contributed by atoms with van der Waals surface area (Å²) in [5, 5.41) is 4.21. The molecule has 20 heavy (non-hydrogen) atoms. The summed E-state index contributed by atoms with van der Waals surface area (Å²) in [5.41, 5.74) is 1.40. The number of nitrogens with zero attached hydrogens (tertiary/aromatic N) is 2. The van der Waals surface area contributed by atoms with Crippen LogP contribution < -0.4 is 5.32 Å². The van der Waals surface area contributed by atoms with Crippen molar-refractivity contribution in [1.82, 2.24) is 9.97 Å². The number of ether oxygens (including phenoxy) is 1. The first-order valence-corrected chi connectivity index (χ1v) is 6.96. The van der Waals surface area contributed by atoms with Crippen LogP contribution in [0.15, 0.2) is 24.3 Å². The second-order valence-electron chi connectivity index (χ2n) is 4.13. The van der Waals surface area contributed by atoms with Crippen LogP contribution in [0.4, 0.5) is 5.82 Å². The van der Waals surface area contributed by atoms with E-state index in [-0.39, 0.29) is 0 Å². The van der Waals surface area contributed by atoms with E-state index in [2.05, 4.69) is 15.3 Å². The predicted molar refractivity (Wildman–Crippen MR) is 82.4 cm³/mol. The summed E-state index contributed by atoms with van der Waals surface area (Å²) in [5.74, 6) is 1.21. The number of nitrogens with one attached hydrogen (secondary N) is 1. The Labute approximate surface area is 128 Å². The Bertz CT molecular complexity index is 560. The number of aromatic nitrogens is 2. The van der Waals surface area contributed by atoms with Crippen LogP contribution in [0.2, 0.25) is 10.0 Å². The zero-order valence-electron chi connectivity index (χ0n) is 11.3. The molecule has 0 aliphatic rings. The van der Waals surface area contributed by atoms with Crippen LogP contribution in [0.3, 0.4) is 0 Å². The van der Waals surface area contributed by atoms with Crippen LogP contribution in [-0.2, 0) is 11.3 Å². The van der Waals surface area contributed by atoms with Crippen LogP contribution >= 0.6 is 23.2 Å². The van der Waals surface area contributed by atoms with Gasteiger partial charge in [0.25, 0.3) is 0 Å². The lowest BCUT2D eigenvalue weighted by Crippen LogP contribution is -2.05. The van der Waals surface area contributed by atoms with Gasteiger partial charge in [0.2, 0.25) is 0 Å². The third kappa shape index (κ3) is 3.39. The van der Waals surface area contributed by atoms with Crippen LogP contribution in [-0.4, -0.2) is 23.6 Å². The fourth-order valence-electron chi connectivity index (χ4n) is 1.81. The predicted octanol–water partition coefficient (Wildman–Crippen LogP) is 4.03. The molecule has 6 heteroatoms. The van der Waals surface area contributed by atoms with E-state index in [0.717, 1.165) is 18.1 Å². The third-order valence-electron chi connectivity index (χ3n) is 2.62. The van der Waals surface area contributed by atoms with Crippen molar-refractivity contribution >= 4 is 29.0 Å². The summed E-state index contributed by atoms with van der Waals surface area (Å²) in [7, 11) is 1.62. The summed E-state index contributed by atoms with van der Waals surface area (Å²) in [6.07, 6.45) is 0. The molecule has 1 heterocycles. The zero-order valence-corrected chi connectivity index (χ0v) is 12.8. The quantitative estimate of drug-likeness (QED) is 0.905. The minimum atomic E-state index is 0.399. The molecule has 0 spiro atoms. The van der Waals surface area contributed by atoms with Crippen molar-refractivity contribution in [2.24, 2.45) is 0 Å². The summed E-state index contributed by atoms with van der Waals surface area (Å²) >= 11 is 12.4. The van der Waals surface area contributed by atoms with Crippen molar-refractivity contribution in [2.75, 3.05) is 19.0 Å². The van der Waals surface area contributed by atoms with Crippen molar-refractivity contribution in [1.29, 1.82) is 0 Å². The fourth-order valence-corrected chi connectivity index (χ4v) is 2.38. The molecule has 1 N–H and O–H groups in total. The van der Waals surface area contributed by atoms with Gasteiger partial charge in [-0.05, 0) is 19.1 Å². The van der Waals surface area contributed by atoms with Crippen LogP contribution in [0.5, 0.6) is 0 Å². The Morgan fingerprint density at radius 2 is 1.90 bits per heavy atom. The van der Waals surface area contributed by atoms with E-state index in [0.29, 0.717) is 28.0 Å². The van der Waals surface area contributed by atoms with Gasteiger partial charge < -0.3 is 10.1 Å². The number of rotatable bonds is 5. The van der Waals surface area contributed by atoms with Crippen LogP contribution in [0.1, 0.15) is 12.6 Å². The van der Waals surface area contributed by atoms with E-state index in [1.54, 1.807) is 25.3 Å². The highest BCUT2D eigenvalue weighted by atomic mass is 35.5. The maximum Gasteiger partial charge on any atom is 0.164 e. The normalized spacial score (nSPS) is 10.6. The van der Waals surface area contributed by atoms with E-state index in [9.17, 15) is 0 Å². The molecule has 0 aliphatic carbocycles. The van der Waals surface area contributed by atoms with Gasteiger partial charge in [0.1, 0.15) is 5.82 Å². The maximum absolute atomic E-state index is 6.21. The zero-order chi connectivity index (χ0) is 14.5. The Balaban J connectivity index is 2.54. The molecule has 1 aromatic carbocycles. The molecule has 4 nitrogen and oxygen atoms in total. The molecule has 0 saturated carbocycles. The first kappa shape index (κ1) is 15.0. The molecule has 0 saturated heterocycles. The summed E-state index contributed by atoms with van der Waals surface area (Å²) in [6.45, 7) is 3.16. The number of methoxy groups -OCH3 is 1. The minimum Gasteiger partial charge on any atom is -0.378 e. The molecule has 2 rings (SSSR count). The Kier molecular flexibility index (Phi) is 5.17. The number of anilines is 1. The largest absolute Gasteiger partial charge is 0.378 e. The maximum atomic E-state index is 6.21. The lowest BCUT2D eigenvalue weighted by molar-refractivity contribution is 0.181. The van der Waals surface area contributed by atoms with Crippen LogP contribution in [0.25, 0.3) is 11.4 Å². The fraction of sp³-hybridized carbons (Fsp3) is 0.286. The molecule has 1 aromatic heterocycles. The Morgan fingerprint density at radius 1 is 1.20 bits per heavy atom. The van der Waals surface area contributed by atoms with E-state index in [1.807, 2.05) is 13.0 Å². The first-order valence-electron chi connectivity index (χ1n) is 6.20. The molecule has 0 radical (unpaired) electrons. The second kappa shape index (κ2) is 6.88. The topological polar surface area (TPSA) is 47.0 Å². The minimum absolute atomic E-state index is 0.399. The van der Waals surface area contributed by atoms with Crippen molar-refractivity contribution in [2.45, 2.75) is 13.5 Å². The SMILES string of the molecule is CCNc1cc(COC)nc(-c2c(Cl)cccc2Cl)n1. The molecule has 106 valence electrons. The average Bonchev–Trinajstić information content (AvgIpc) is 2.39. The van der Waals surface area contributed by atoms with Crippen LogP contribution in [0, 0.1) is 0 Å². The van der Waals surface area contributed by atoms with Gasteiger partial charge in [-0.1, -0.05) is 29.3 Å². The molecule has 0 atom stereocenters. The van der Waals surface area contributed by atoms with Gasteiger partial charge in [-0.2, -0.15) is 0 Å². The Hall–Kier alpha value is -1.36. The van der Waals surface area contributed by atoms with Gasteiger partial charge >= 0.3 is 0 Å². The van der Waals surface area contributed by atoms with Crippen molar-refractivity contribution in [3.8, 4) is 11.4 Å². The molecule has 0 aliphatic heterocycles. The van der Waals surface area contributed by atoms with Crippen molar-refractivity contribution in [3.63, 3.8) is 0 Å². The first-order chi connectivity index (χ1) is 9.65. The molecular formula is C14H15Cl2N3O. The van der Waals surface area contributed by atoms with Gasteiger partial charge in [0.05, 0.1) is 27.9 Å². The monoisotopic (exact) mass is 311 g/mol. The molecular weight excluding hydrogens is 297 g/mol. The van der Waals surface area contributed by atoms with Gasteiger partial charge in [0.15, 0.2) is 5.82 Å². The van der Waals surface area contributed by atoms with Gasteiger partial charge in [-0.3, -0.25) is 0 Å². The second-order valence-corrected chi connectivity index (χ2v) is 4.94. The highest BCUT2D eigenvalue weighted by Gasteiger charge is 2.13. The lowest BCUT2D eigenvalue weighted by Gasteiger charge is -2.10. The van der Waals surface area contributed by atoms with Gasteiger partial charge in [-0.15, -0.1) is 0 Å². The molecule has 0 bridgehead atoms. The number of benzene rings is 1. The number of halogens is 2. The molecule has 2 aromatic rings. The summed E-state index contributed by atoms with van der Waals surface area (Å²) < 4.78 is 5.13. The number of hydrogen-bond donors (Lipinski definition) is 1. The highest BCUT2D eigenvalue weighted by molar-refractivity contribution is 6.38. The van der Waals surface area contributed by atoms with E-state index in [1.165, 1.54) is 0 Å². The smallest absolute Gasteiger partial charge is 0.164 e. The molecule has 0 unspecified atom stereocenters. The van der Waals surface area contributed by atoms with Crippen molar-refractivity contribution < 1.29 is 4.74 Å². The van der Waals surface area contributed by atoms with Gasteiger partial charge in [0, 0.05) is 19.7 Å². The summed E-state index contributed by atoms with van der Waals surface area (Å²) in [4.78, 5) is 8.90. The van der Waals surface area contributed by atoms with Gasteiger partial charge in [-0.25, -0.2) is 9.97 Å². The molecule has 0 fully saturated rings. The third-order valence-corrected chi connectivity index (χ3v) is 3.25. The molecule has 0 amide bonds. The van der Waals surface area contributed by atoms with E-state index in [4.69, 9.17) is 27.9 Å². The summed E-state index contributed by atoms with van der Waals surface area (Å²) in [6, 6.07) is 7.17. The van der Waals surface area contributed by atoms with E-state index < -0.39 is 0 Å². The number of hydrogen-bond acceptors (Lipinski definition) is 4. The van der Waals surface area contributed by atoms with Crippen molar-refractivity contribution in [3.05, 3.63) is 40.0 Å². The highest BCUT2D eigenvalue weighted by Crippen LogP contribution is 2.33. The lowest BCUT2D eigenvalue weighted by atomic mass is 10.2. The van der Waals surface area contributed by atoms with E-state index >= 15 is 0 Å². The average molecular weight is 312 g/mol. The Morgan fingerprint density at radius 3 is 2.50 bits per heavy atom.